The first-order valence-electron chi connectivity index (χ1n) is 10.5. The van der Waals surface area contributed by atoms with Crippen molar-refractivity contribution >= 4 is 17.5 Å². The fourth-order valence-electron chi connectivity index (χ4n) is 3.68. The molecule has 0 saturated heterocycles. The van der Waals surface area contributed by atoms with Crippen molar-refractivity contribution in [2.24, 2.45) is 0 Å². The molecule has 0 bridgehead atoms. The first-order valence-corrected chi connectivity index (χ1v) is 10.5. The highest BCUT2D eigenvalue weighted by Gasteiger charge is 2.37. The number of hydrogen-bond acceptors (Lipinski definition) is 4. The van der Waals surface area contributed by atoms with Crippen LogP contribution in [0.2, 0.25) is 0 Å². The first-order chi connectivity index (χ1) is 14.5. The van der Waals surface area contributed by atoms with Crippen LogP contribution in [0.1, 0.15) is 50.3 Å². The molecule has 0 fully saturated rings. The molecule has 0 unspecified atom stereocenters. The van der Waals surface area contributed by atoms with Gasteiger partial charge in [0.25, 0.3) is 5.91 Å². The van der Waals surface area contributed by atoms with Crippen LogP contribution >= 0.6 is 0 Å². The van der Waals surface area contributed by atoms with E-state index in [1.165, 1.54) is 12.5 Å². The maximum atomic E-state index is 13.0. The standard InChI is InChI=1S/C24H30N2O4/c1-4-5-7-18-8-13-22-21(16-18)23(25-17(2)27)24(28)26(22)14-6-15-30-20-11-9-19(29-3)10-12-20/h8-13,16,23H,4-7,14-15H2,1-3H3,(H,25,27)/t23-/m0/s1. The number of aryl methyl sites for hydroxylation is 1. The Kier molecular flexibility index (Phi) is 7.33. The molecule has 1 aliphatic heterocycles. The van der Waals surface area contributed by atoms with E-state index in [1.54, 1.807) is 12.0 Å². The predicted octanol–water partition coefficient (Wildman–Crippen LogP) is 4.03. The Bertz CT molecular complexity index is 879. The topological polar surface area (TPSA) is 67.9 Å². The summed E-state index contributed by atoms with van der Waals surface area (Å²) in [6, 6.07) is 13.0. The third kappa shape index (κ3) is 5.12. The lowest BCUT2D eigenvalue weighted by molar-refractivity contribution is -0.126. The molecule has 30 heavy (non-hydrogen) atoms. The SMILES string of the molecule is CCCCc1ccc2c(c1)[C@H](NC(C)=O)C(=O)N2CCCOc1ccc(OC)cc1. The quantitative estimate of drug-likeness (QED) is 0.601. The molecule has 2 aromatic carbocycles. The Morgan fingerprint density at radius 2 is 1.83 bits per heavy atom. The van der Waals surface area contributed by atoms with Gasteiger partial charge >= 0.3 is 0 Å². The van der Waals surface area contributed by atoms with Gasteiger partial charge in [0.1, 0.15) is 17.5 Å². The predicted molar refractivity (Wildman–Crippen MR) is 117 cm³/mol. The lowest BCUT2D eigenvalue weighted by Crippen LogP contribution is -2.37. The van der Waals surface area contributed by atoms with E-state index in [2.05, 4.69) is 24.4 Å². The van der Waals surface area contributed by atoms with E-state index in [-0.39, 0.29) is 11.8 Å². The summed E-state index contributed by atoms with van der Waals surface area (Å²) in [5, 5.41) is 2.81. The average molecular weight is 411 g/mol. The number of nitrogens with zero attached hydrogens (tertiary/aromatic N) is 1. The maximum absolute atomic E-state index is 13.0. The van der Waals surface area contributed by atoms with Crippen LogP contribution < -0.4 is 19.7 Å². The van der Waals surface area contributed by atoms with E-state index in [4.69, 9.17) is 9.47 Å². The summed E-state index contributed by atoms with van der Waals surface area (Å²) in [5.41, 5.74) is 2.96. The van der Waals surface area contributed by atoms with E-state index in [1.807, 2.05) is 30.3 Å². The third-order valence-corrected chi connectivity index (χ3v) is 5.23. The molecule has 6 nitrogen and oxygen atoms in total. The maximum Gasteiger partial charge on any atom is 0.254 e. The monoisotopic (exact) mass is 410 g/mol. The molecule has 1 atom stereocenters. The number of nitrogens with one attached hydrogen (secondary N) is 1. The summed E-state index contributed by atoms with van der Waals surface area (Å²) in [5.74, 6) is 1.25. The van der Waals surface area contributed by atoms with Gasteiger partial charge in [-0.15, -0.1) is 0 Å². The van der Waals surface area contributed by atoms with Crippen LogP contribution in [0.25, 0.3) is 0 Å². The smallest absolute Gasteiger partial charge is 0.254 e. The number of hydrogen-bond donors (Lipinski definition) is 1. The van der Waals surface area contributed by atoms with Crippen LogP contribution in [0, 0.1) is 0 Å². The summed E-state index contributed by atoms with van der Waals surface area (Å²) in [6.07, 6.45) is 3.87. The van der Waals surface area contributed by atoms with Crippen molar-refractivity contribution in [2.75, 3.05) is 25.2 Å². The van der Waals surface area contributed by atoms with Crippen molar-refractivity contribution in [2.45, 2.75) is 45.6 Å². The highest BCUT2D eigenvalue weighted by atomic mass is 16.5. The Balaban J connectivity index is 1.65. The number of ether oxygens (including phenoxy) is 2. The molecule has 6 heteroatoms. The van der Waals surface area contributed by atoms with E-state index in [0.717, 1.165) is 42.0 Å². The molecule has 3 rings (SSSR count). The summed E-state index contributed by atoms with van der Waals surface area (Å²) < 4.78 is 10.9. The van der Waals surface area contributed by atoms with E-state index in [9.17, 15) is 9.59 Å². The second kappa shape index (κ2) is 10.1. The molecule has 1 N–H and O–H groups in total. The number of methoxy groups -OCH3 is 1. The number of anilines is 1. The zero-order chi connectivity index (χ0) is 21.5. The molecule has 1 aliphatic rings. The number of carbonyl (C=O) groups excluding carboxylic acids is 2. The molecular weight excluding hydrogens is 380 g/mol. The van der Waals surface area contributed by atoms with Gasteiger partial charge in [0.2, 0.25) is 5.91 Å². The Hall–Kier alpha value is -3.02. The van der Waals surface area contributed by atoms with Crippen molar-refractivity contribution < 1.29 is 19.1 Å². The van der Waals surface area contributed by atoms with Crippen molar-refractivity contribution in [3.05, 3.63) is 53.6 Å². The van der Waals surface area contributed by atoms with Gasteiger partial charge in [-0.1, -0.05) is 25.5 Å². The molecule has 0 aromatic heterocycles. The molecule has 0 radical (unpaired) electrons. The average Bonchev–Trinajstić information content (AvgIpc) is 3.00. The van der Waals surface area contributed by atoms with Crippen LogP contribution in [0.3, 0.4) is 0 Å². The van der Waals surface area contributed by atoms with Gasteiger partial charge in [0, 0.05) is 24.7 Å². The van der Waals surface area contributed by atoms with Crippen LogP contribution in [-0.2, 0) is 16.0 Å². The van der Waals surface area contributed by atoms with Gasteiger partial charge in [-0.2, -0.15) is 0 Å². The van der Waals surface area contributed by atoms with Gasteiger partial charge in [0.05, 0.1) is 13.7 Å². The van der Waals surface area contributed by atoms with Gasteiger partial charge < -0.3 is 19.7 Å². The van der Waals surface area contributed by atoms with E-state index >= 15 is 0 Å². The minimum absolute atomic E-state index is 0.0858. The molecular formula is C24H30N2O4. The second-order valence-electron chi connectivity index (χ2n) is 7.50. The van der Waals surface area contributed by atoms with Crippen LogP contribution in [0.5, 0.6) is 11.5 Å². The molecule has 160 valence electrons. The molecule has 2 aromatic rings. The summed E-state index contributed by atoms with van der Waals surface area (Å²) >= 11 is 0. The van der Waals surface area contributed by atoms with Gasteiger partial charge in [0.15, 0.2) is 0 Å². The molecule has 0 spiro atoms. The van der Waals surface area contributed by atoms with E-state index < -0.39 is 6.04 Å². The van der Waals surface area contributed by atoms with Gasteiger partial charge in [-0.25, -0.2) is 0 Å². The third-order valence-electron chi connectivity index (χ3n) is 5.23. The molecule has 0 saturated carbocycles. The van der Waals surface area contributed by atoms with Crippen LogP contribution in [-0.4, -0.2) is 32.1 Å². The van der Waals surface area contributed by atoms with E-state index in [0.29, 0.717) is 19.6 Å². The van der Waals surface area contributed by atoms with Crippen molar-refractivity contribution in [1.82, 2.24) is 5.32 Å². The van der Waals surface area contributed by atoms with Crippen LogP contribution in [0.15, 0.2) is 42.5 Å². The Morgan fingerprint density at radius 3 is 2.50 bits per heavy atom. The normalized spacial score (nSPS) is 15.1. The fraction of sp³-hybridized carbons (Fsp3) is 0.417. The molecule has 0 aliphatic carbocycles. The molecule has 2 amide bonds. The van der Waals surface area contributed by atoms with Crippen LogP contribution in [0.4, 0.5) is 5.69 Å². The summed E-state index contributed by atoms with van der Waals surface area (Å²) in [4.78, 5) is 26.4. The lowest BCUT2D eigenvalue weighted by Gasteiger charge is -2.18. The zero-order valence-corrected chi connectivity index (χ0v) is 17.9. The Labute approximate surface area is 178 Å². The minimum atomic E-state index is -0.610. The number of rotatable bonds is 10. The number of amides is 2. The number of benzene rings is 2. The Morgan fingerprint density at radius 1 is 1.10 bits per heavy atom. The largest absolute Gasteiger partial charge is 0.497 e. The highest BCUT2D eigenvalue weighted by Crippen LogP contribution is 2.37. The zero-order valence-electron chi connectivity index (χ0n) is 17.9. The van der Waals surface area contributed by atoms with Crippen molar-refractivity contribution in [3.8, 4) is 11.5 Å². The highest BCUT2D eigenvalue weighted by molar-refractivity contribution is 6.06. The number of fused-ring (bicyclic) bond motifs is 1. The summed E-state index contributed by atoms with van der Waals surface area (Å²) in [7, 11) is 1.63. The van der Waals surface area contributed by atoms with Gasteiger partial charge in [-0.05, 0) is 55.2 Å². The fourth-order valence-corrected chi connectivity index (χ4v) is 3.68. The van der Waals surface area contributed by atoms with Crippen molar-refractivity contribution in [3.63, 3.8) is 0 Å². The summed E-state index contributed by atoms with van der Waals surface area (Å²) in [6.45, 7) is 4.63. The lowest BCUT2D eigenvalue weighted by atomic mass is 10.0. The molecule has 1 heterocycles. The van der Waals surface area contributed by atoms with Crippen molar-refractivity contribution in [1.29, 1.82) is 0 Å². The minimum Gasteiger partial charge on any atom is -0.497 e. The number of unbranched alkanes of at least 4 members (excludes halogenated alkanes) is 1. The van der Waals surface area contributed by atoms with Gasteiger partial charge in [-0.3, -0.25) is 9.59 Å². The first kappa shape index (κ1) is 21.7. The number of carbonyl (C=O) groups is 2. The second-order valence-corrected chi connectivity index (χ2v) is 7.50.